The van der Waals surface area contributed by atoms with Crippen molar-refractivity contribution in [2.45, 2.75) is 123 Å². The summed E-state index contributed by atoms with van der Waals surface area (Å²) in [6.07, 6.45) is 18.8. The summed E-state index contributed by atoms with van der Waals surface area (Å²) >= 11 is 0. The van der Waals surface area contributed by atoms with E-state index < -0.39 is 5.60 Å². The summed E-state index contributed by atoms with van der Waals surface area (Å²) in [6.45, 7) is 16.2. The number of hydrogen-bond donors (Lipinski definition) is 2. The third-order valence-electron chi connectivity index (χ3n) is 9.39. The van der Waals surface area contributed by atoms with E-state index in [1.165, 1.54) is 49.7 Å². The first-order valence-electron chi connectivity index (χ1n) is 14.7. The Morgan fingerprint density at radius 3 is 2.75 bits per heavy atom. The molecule has 3 aliphatic carbocycles. The first-order chi connectivity index (χ1) is 17.0. The summed E-state index contributed by atoms with van der Waals surface area (Å²) in [4.78, 5) is 11.0. The number of allylic oxidation sites excluding steroid dienone is 4. The molecule has 1 amide bonds. The number of rotatable bonds is 11. The van der Waals surface area contributed by atoms with Crippen molar-refractivity contribution < 1.29 is 14.6 Å². The fraction of sp³-hybridized carbons (Fsp3) is 0.781. The largest absolute Gasteiger partial charge is 0.390 e. The van der Waals surface area contributed by atoms with Gasteiger partial charge in [-0.2, -0.15) is 0 Å². The molecular formula is C32H53NO3. The Hall–Kier alpha value is -1.39. The number of aliphatic hydroxyl groups is 1. The Labute approximate surface area is 221 Å². The van der Waals surface area contributed by atoms with E-state index in [0.29, 0.717) is 24.5 Å². The third kappa shape index (κ3) is 8.05. The first-order valence-corrected chi connectivity index (χ1v) is 14.7. The van der Waals surface area contributed by atoms with Crippen molar-refractivity contribution in [1.82, 2.24) is 5.32 Å². The lowest BCUT2D eigenvalue weighted by Crippen LogP contribution is -2.36. The Bertz CT molecular complexity index is 820. The van der Waals surface area contributed by atoms with Gasteiger partial charge in [0.25, 0.3) is 0 Å². The molecule has 0 radical (unpaired) electrons. The van der Waals surface area contributed by atoms with Gasteiger partial charge in [-0.15, -0.1) is 0 Å². The van der Waals surface area contributed by atoms with Gasteiger partial charge in [-0.05, 0) is 107 Å². The van der Waals surface area contributed by atoms with Gasteiger partial charge in [0.15, 0.2) is 0 Å². The minimum absolute atomic E-state index is 0.0230. The van der Waals surface area contributed by atoms with Crippen LogP contribution in [0, 0.1) is 23.2 Å². The lowest BCUT2D eigenvalue weighted by molar-refractivity contribution is -0.119. The van der Waals surface area contributed by atoms with Gasteiger partial charge in [-0.25, -0.2) is 0 Å². The maximum absolute atomic E-state index is 11.0. The summed E-state index contributed by atoms with van der Waals surface area (Å²) in [7, 11) is 0. The van der Waals surface area contributed by atoms with Crippen molar-refractivity contribution in [1.29, 1.82) is 0 Å². The highest BCUT2D eigenvalue weighted by atomic mass is 16.5. The zero-order chi connectivity index (χ0) is 26.3. The molecule has 2 N–H and O–H groups in total. The molecular weight excluding hydrogens is 446 g/mol. The molecule has 0 spiro atoms. The van der Waals surface area contributed by atoms with E-state index in [-0.39, 0.29) is 12.0 Å². The first kappa shape index (κ1) is 29.2. The topological polar surface area (TPSA) is 58.6 Å². The fourth-order valence-electron chi connectivity index (χ4n) is 7.38. The van der Waals surface area contributed by atoms with Crippen molar-refractivity contribution in [3.63, 3.8) is 0 Å². The number of carbonyl (C=O) groups excluding carboxylic acids is 1. The molecule has 4 nitrogen and oxygen atoms in total. The van der Waals surface area contributed by atoms with E-state index in [1.807, 2.05) is 13.8 Å². The number of hydrogen-bond acceptors (Lipinski definition) is 3. The second-order valence-electron chi connectivity index (χ2n) is 12.9. The molecule has 3 aliphatic rings. The zero-order valence-corrected chi connectivity index (χ0v) is 23.8. The van der Waals surface area contributed by atoms with Crippen molar-refractivity contribution in [3.05, 3.63) is 35.5 Å². The van der Waals surface area contributed by atoms with Crippen LogP contribution in [0.1, 0.15) is 112 Å². The standard InChI is InChI=1S/C32H53NO3/c1-23-12-15-28(36-21-9-20-33-25(3)34)22-27(23)14-13-26-11-8-19-32(6)29(16-17-30(26)32)24(2)10-7-18-31(4,5)35/h13-14,24,28-30,35H,1,7-12,15-22H2,2-6H3,(H,33,34)/t24-,28+,29?,30?,32-/m1/s1. The summed E-state index contributed by atoms with van der Waals surface area (Å²) in [6, 6.07) is 0. The Balaban J connectivity index is 1.58. The Morgan fingerprint density at radius 2 is 2.03 bits per heavy atom. The van der Waals surface area contributed by atoms with Gasteiger partial charge in [-0.3, -0.25) is 4.79 Å². The van der Waals surface area contributed by atoms with Gasteiger partial charge < -0.3 is 15.2 Å². The molecule has 4 heteroatoms. The predicted octanol–water partition coefficient (Wildman–Crippen LogP) is 7.28. The molecule has 3 rings (SSSR count). The SMILES string of the molecule is C=C1CC[C@H](OCCCNC(C)=O)CC1=CC=C1CCC[C@@]2(C)C1CCC2[C@H](C)CCCC(C)(C)O. The van der Waals surface area contributed by atoms with Gasteiger partial charge in [0.2, 0.25) is 5.91 Å². The predicted molar refractivity (Wildman–Crippen MR) is 150 cm³/mol. The molecule has 0 aromatic rings. The smallest absolute Gasteiger partial charge is 0.216 e. The normalized spacial score (nSPS) is 32.1. The average molecular weight is 500 g/mol. The van der Waals surface area contributed by atoms with Crippen LogP contribution in [-0.4, -0.2) is 35.9 Å². The van der Waals surface area contributed by atoms with Crippen LogP contribution in [0.3, 0.4) is 0 Å². The summed E-state index contributed by atoms with van der Waals surface area (Å²) in [5.41, 5.74) is 4.17. The molecule has 0 aliphatic heterocycles. The minimum atomic E-state index is -0.546. The van der Waals surface area contributed by atoms with Crippen LogP contribution in [0.15, 0.2) is 35.5 Å². The van der Waals surface area contributed by atoms with Crippen molar-refractivity contribution >= 4 is 5.91 Å². The van der Waals surface area contributed by atoms with Crippen molar-refractivity contribution in [2.24, 2.45) is 23.2 Å². The summed E-state index contributed by atoms with van der Waals surface area (Å²) in [5, 5.41) is 13.0. The van der Waals surface area contributed by atoms with Crippen LogP contribution < -0.4 is 5.32 Å². The van der Waals surface area contributed by atoms with Crippen LogP contribution >= 0.6 is 0 Å². The lowest BCUT2D eigenvalue weighted by atomic mass is 9.60. The zero-order valence-electron chi connectivity index (χ0n) is 23.8. The Morgan fingerprint density at radius 1 is 1.25 bits per heavy atom. The van der Waals surface area contributed by atoms with Gasteiger partial charge >= 0.3 is 0 Å². The van der Waals surface area contributed by atoms with Crippen LogP contribution in [0.4, 0.5) is 0 Å². The second-order valence-corrected chi connectivity index (χ2v) is 12.9. The fourth-order valence-corrected chi connectivity index (χ4v) is 7.38. The molecule has 0 aromatic heterocycles. The highest BCUT2D eigenvalue weighted by molar-refractivity contribution is 5.72. The van der Waals surface area contributed by atoms with Crippen LogP contribution in [-0.2, 0) is 9.53 Å². The number of carbonyl (C=O) groups is 1. The van der Waals surface area contributed by atoms with Crippen LogP contribution in [0.5, 0.6) is 0 Å². The molecule has 2 unspecified atom stereocenters. The molecule has 36 heavy (non-hydrogen) atoms. The van der Waals surface area contributed by atoms with E-state index in [4.69, 9.17) is 4.74 Å². The third-order valence-corrected chi connectivity index (χ3v) is 9.39. The van der Waals surface area contributed by atoms with Crippen LogP contribution in [0.2, 0.25) is 0 Å². The maximum atomic E-state index is 11.0. The second kappa shape index (κ2) is 12.9. The molecule has 0 bridgehead atoms. The number of fused-ring (bicyclic) bond motifs is 1. The van der Waals surface area contributed by atoms with Crippen LogP contribution in [0.25, 0.3) is 0 Å². The van der Waals surface area contributed by atoms with Gasteiger partial charge in [-0.1, -0.05) is 56.6 Å². The molecule has 0 aromatic carbocycles. The van der Waals surface area contributed by atoms with Gasteiger partial charge in [0, 0.05) is 20.1 Å². The summed E-state index contributed by atoms with van der Waals surface area (Å²) < 4.78 is 6.14. The number of nitrogens with one attached hydrogen (secondary N) is 1. The maximum Gasteiger partial charge on any atom is 0.216 e. The molecule has 3 fully saturated rings. The van der Waals surface area contributed by atoms with Crippen molar-refractivity contribution in [2.75, 3.05) is 13.2 Å². The van der Waals surface area contributed by atoms with Gasteiger partial charge in [0.05, 0.1) is 11.7 Å². The monoisotopic (exact) mass is 499 g/mol. The van der Waals surface area contributed by atoms with E-state index in [2.05, 4.69) is 37.9 Å². The highest BCUT2D eigenvalue weighted by Gasteiger charge is 2.50. The average Bonchev–Trinajstić information content (AvgIpc) is 3.15. The summed E-state index contributed by atoms with van der Waals surface area (Å²) in [5.74, 6) is 2.25. The number of ether oxygens (including phenoxy) is 1. The minimum Gasteiger partial charge on any atom is -0.390 e. The Kier molecular flexibility index (Phi) is 10.5. The van der Waals surface area contributed by atoms with E-state index in [9.17, 15) is 9.90 Å². The van der Waals surface area contributed by atoms with Crippen molar-refractivity contribution in [3.8, 4) is 0 Å². The lowest BCUT2D eigenvalue weighted by Gasteiger charge is -2.44. The highest BCUT2D eigenvalue weighted by Crippen LogP contribution is 2.60. The van der Waals surface area contributed by atoms with E-state index in [0.717, 1.165) is 50.4 Å². The van der Waals surface area contributed by atoms with E-state index >= 15 is 0 Å². The molecule has 3 saturated carbocycles. The molecule has 0 saturated heterocycles. The number of amides is 1. The molecule has 204 valence electrons. The molecule has 0 heterocycles. The van der Waals surface area contributed by atoms with E-state index in [1.54, 1.807) is 12.5 Å². The molecule has 5 atom stereocenters. The quantitative estimate of drug-likeness (QED) is 0.294. The van der Waals surface area contributed by atoms with Gasteiger partial charge in [0.1, 0.15) is 0 Å².